The van der Waals surface area contributed by atoms with Gasteiger partial charge in [-0.25, -0.2) is 0 Å². The Hall–Kier alpha value is 0.690. The molecule has 1 nitrogen and oxygen atoms in total. The zero-order valence-electron chi connectivity index (χ0n) is 5.39. The number of alkyl halides is 1. The molecule has 8 heavy (non-hydrogen) atoms. The zero-order chi connectivity index (χ0) is 6.15. The normalized spacial score (nSPS) is 40.9. The summed E-state index contributed by atoms with van der Waals surface area (Å²) in [6, 6.07) is 0. The molecule has 0 bridgehead atoms. The summed E-state index contributed by atoms with van der Waals surface area (Å²) in [7, 11) is 2.19. The number of hydrogen-bond donors (Lipinski definition) is 0. The number of nitrogens with zero attached hydrogens (tertiary/aromatic N) is 1. The average Bonchev–Trinajstić information content (AvgIpc) is 1.85. The van der Waals surface area contributed by atoms with Crippen LogP contribution in [0.1, 0.15) is 6.92 Å². The molecule has 1 rings (SSSR count). The lowest BCUT2D eigenvalue weighted by Gasteiger charge is -2.03. The summed E-state index contributed by atoms with van der Waals surface area (Å²) in [5, 5.41) is 0. The third-order valence-corrected chi connectivity index (χ3v) is 3.32. The maximum atomic E-state index is 2.53. The quantitative estimate of drug-likeness (QED) is 0.444. The molecule has 0 amide bonds. The van der Waals surface area contributed by atoms with Crippen molar-refractivity contribution in [3.05, 3.63) is 0 Å². The zero-order valence-corrected chi connectivity index (χ0v) is 7.55. The van der Waals surface area contributed by atoms with Crippen LogP contribution in [-0.4, -0.2) is 29.0 Å². The van der Waals surface area contributed by atoms with Crippen LogP contribution >= 0.6 is 22.6 Å². The first-order chi connectivity index (χ1) is 3.70. The van der Waals surface area contributed by atoms with Crippen LogP contribution in [0, 0.1) is 5.92 Å². The Morgan fingerprint density at radius 2 is 2.12 bits per heavy atom. The smallest absolute Gasteiger partial charge is 0.0275 e. The molecule has 2 unspecified atom stereocenters. The standard InChI is InChI=1S/C6H12IN/c1-5-3-8(2)4-6(5)7/h5-6H,3-4H2,1-2H3. The fourth-order valence-corrected chi connectivity index (χ4v) is 2.06. The van der Waals surface area contributed by atoms with Gasteiger partial charge in [-0.15, -0.1) is 0 Å². The van der Waals surface area contributed by atoms with E-state index in [9.17, 15) is 0 Å². The summed E-state index contributed by atoms with van der Waals surface area (Å²) in [6.45, 7) is 4.88. The van der Waals surface area contributed by atoms with Crippen LogP contribution in [0.5, 0.6) is 0 Å². The molecule has 0 spiro atoms. The number of rotatable bonds is 0. The van der Waals surface area contributed by atoms with E-state index >= 15 is 0 Å². The van der Waals surface area contributed by atoms with Crippen LogP contribution in [0.15, 0.2) is 0 Å². The van der Waals surface area contributed by atoms with E-state index in [4.69, 9.17) is 0 Å². The van der Waals surface area contributed by atoms with Gasteiger partial charge in [0.1, 0.15) is 0 Å². The Kier molecular flexibility index (Phi) is 2.14. The minimum absolute atomic E-state index is 0.887. The molecule has 48 valence electrons. The minimum Gasteiger partial charge on any atom is -0.305 e. The monoisotopic (exact) mass is 225 g/mol. The summed E-state index contributed by atoms with van der Waals surface area (Å²) < 4.78 is 0.887. The molecule has 0 aromatic rings. The molecule has 0 saturated carbocycles. The lowest BCUT2D eigenvalue weighted by Crippen LogP contribution is -2.13. The molecule has 0 aromatic carbocycles. The van der Waals surface area contributed by atoms with Gasteiger partial charge >= 0.3 is 0 Å². The van der Waals surface area contributed by atoms with Gasteiger partial charge in [0.15, 0.2) is 0 Å². The van der Waals surface area contributed by atoms with Gasteiger partial charge in [0.05, 0.1) is 0 Å². The van der Waals surface area contributed by atoms with E-state index in [0.29, 0.717) is 0 Å². The Balaban J connectivity index is 2.39. The van der Waals surface area contributed by atoms with Crippen molar-refractivity contribution in [3.63, 3.8) is 0 Å². The molecule has 0 radical (unpaired) electrons. The van der Waals surface area contributed by atoms with E-state index in [1.165, 1.54) is 13.1 Å². The predicted octanol–water partition coefficient (Wildman–Crippen LogP) is 1.37. The summed E-state index contributed by atoms with van der Waals surface area (Å²) in [4.78, 5) is 2.39. The van der Waals surface area contributed by atoms with Crippen molar-refractivity contribution in [2.45, 2.75) is 10.8 Å². The molecule has 2 atom stereocenters. The summed E-state index contributed by atoms with van der Waals surface area (Å²) in [5.41, 5.74) is 0. The highest BCUT2D eigenvalue weighted by molar-refractivity contribution is 14.1. The van der Waals surface area contributed by atoms with Gasteiger partial charge in [-0.3, -0.25) is 0 Å². The van der Waals surface area contributed by atoms with E-state index in [0.717, 1.165) is 9.84 Å². The molecular formula is C6H12IN. The fraction of sp³-hybridized carbons (Fsp3) is 1.00. The van der Waals surface area contributed by atoms with Gasteiger partial charge in [-0.2, -0.15) is 0 Å². The van der Waals surface area contributed by atoms with Crippen LogP contribution in [0.4, 0.5) is 0 Å². The maximum Gasteiger partial charge on any atom is 0.0275 e. The Morgan fingerprint density at radius 1 is 1.50 bits per heavy atom. The Bertz CT molecular complexity index is 74.6. The fourth-order valence-electron chi connectivity index (χ4n) is 1.16. The molecule has 1 saturated heterocycles. The highest BCUT2D eigenvalue weighted by Gasteiger charge is 2.23. The van der Waals surface area contributed by atoms with Gasteiger partial charge in [0.25, 0.3) is 0 Å². The minimum atomic E-state index is 0.887. The second kappa shape index (κ2) is 2.52. The average molecular weight is 225 g/mol. The highest BCUT2D eigenvalue weighted by Crippen LogP contribution is 2.21. The third-order valence-electron chi connectivity index (χ3n) is 1.70. The molecule has 1 aliphatic rings. The van der Waals surface area contributed by atoms with Gasteiger partial charge in [-0.1, -0.05) is 29.5 Å². The van der Waals surface area contributed by atoms with E-state index in [1.54, 1.807) is 0 Å². The molecule has 0 aromatic heterocycles. The van der Waals surface area contributed by atoms with E-state index < -0.39 is 0 Å². The second-order valence-electron chi connectivity index (χ2n) is 2.71. The molecule has 1 heterocycles. The lowest BCUT2D eigenvalue weighted by atomic mass is 10.2. The number of likely N-dealkylation sites (tertiary alicyclic amines) is 1. The molecule has 1 fully saturated rings. The van der Waals surface area contributed by atoms with Crippen molar-refractivity contribution in [1.29, 1.82) is 0 Å². The van der Waals surface area contributed by atoms with E-state index in [2.05, 4.69) is 41.5 Å². The van der Waals surface area contributed by atoms with Crippen LogP contribution in [0.3, 0.4) is 0 Å². The maximum absolute atomic E-state index is 2.53. The van der Waals surface area contributed by atoms with Crippen LogP contribution < -0.4 is 0 Å². The van der Waals surface area contributed by atoms with Crippen LogP contribution in [-0.2, 0) is 0 Å². The first-order valence-corrected chi connectivity index (χ1v) is 4.27. The van der Waals surface area contributed by atoms with Crippen LogP contribution in [0.25, 0.3) is 0 Å². The molecule has 1 aliphatic heterocycles. The van der Waals surface area contributed by atoms with Crippen molar-refractivity contribution < 1.29 is 0 Å². The van der Waals surface area contributed by atoms with Crippen molar-refractivity contribution in [3.8, 4) is 0 Å². The number of halogens is 1. The summed E-state index contributed by atoms with van der Waals surface area (Å²) >= 11 is 2.53. The topological polar surface area (TPSA) is 3.24 Å². The third kappa shape index (κ3) is 1.35. The Morgan fingerprint density at radius 3 is 2.25 bits per heavy atom. The second-order valence-corrected chi connectivity index (χ2v) is 4.31. The van der Waals surface area contributed by atoms with Crippen molar-refractivity contribution in [2.24, 2.45) is 5.92 Å². The lowest BCUT2D eigenvalue weighted by molar-refractivity contribution is 0.402. The predicted molar refractivity (Wildman–Crippen MR) is 44.5 cm³/mol. The number of hydrogen-bond acceptors (Lipinski definition) is 1. The SMILES string of the molecule is CC1CN(C)CC1I. The first kappa shape index (κ1) is 6.81. The Labute approximate surface area is 64.6 Å². The van der Waals surface area contributed by atoms with E-state index in [1.807, 2.05) is 0 Å². The molecule has 2 heteroatoms. The molecule has 0 aliphatic carbocycles. The van der Waals surface area contributed by atoms with Gasteiger partial charge in [0, 0.05) is 17.0 Å². The van der Waals surface area contributed by atoms with Crippen LogP contribution in [0.2, 0.25) is 0 Å². The molecular weight excluding hydrogens is 213 g/mol. The highest BCUT2D eigenvalue weighted by atomic mass is 127. The largest absolute Gasteiger partial charge is 0.305 e. The van der Waals surface area contributed by atoms with Gasteiger partial charge in [-0.05, 0) is 13.0 Å². The first-order valence-electron chi connectivity index (χ1n) is 3.03. The van der Waals surface area contributed by atoms with Crippen molar-refractivity contribution in [2.75, 3.05) is 20.1 Å². The summed E-state index contributed by atoms with van der Waals surface area (Å²) in [5.74, 6) is 0.903. The van der Waals surface area contributed by atoms with Gasteiger partial charge < -0.3 is 4.90 Å². The van der Waals surface area contributed by atoms with E-state index in [-0.39, 0.29) is 0 Å². The van der Waals surface area contributed by atoms with Crippen molar-refractivity contribution in [1.82, 2.24) is 4.90 Å². The van der Waals surface area contributed by atoms with Gasteiger partial charge in [0.2, 0.25) is 0 Å². The summed E-state index contributed by atoms with van der Waals surface area (Å²) in [6.07, 6.45) is 0. The molecule has 0 N–H and O–H groups in total. The van der Waals surface area contributed by atoms with Crippen molar-refractivity contribution >= 4 is 22.6 Å².